The highest BCUT2D eigenvalue weighted by atomic mass is 79.9. The molecule has 3 N–H and O–H groups in total. The first-order valence-corrected chi connectivity index (χ1v) is 4.20. The van der Waals surface area contributed by atoms with E-state index in [0.29, 0.717) is 10.2 Å². The molecule has 0 atom stereocenters. The summed E-state index contributed by atoms with van der Waals surface area (Å²) in [6, 6.07) is 1.49. The first kappa shape index (κ1) is 9.79. The van der Waals surface area contributed by atoms with Gasteiger partial charge in [0.1, 0.15) is 0 Å². The van der Waals surface area contributed by atoms with Crippen molar-refractivity contribution in [3.63, 3.8) is 0 Å². The Balaban J connectivity index is 2.59. The summed E-state index contributed by atoms with van der Waals surface area (Å²) < 4.78 is 5.16. The van der Waals surface area contributed by atoms with Crippen molar-refractivity contribution in [3.05, 3.63) is 22.6 Å². The monoisotopic (exact) mass is 246 g/mol. The molecule has 1 heterocycles. The minimum Gasteiger partial charge on any atom is -0.457 e. The summed E-state index contributed by atoms with van der Waals surface area (Å²) in [5.41, 5.74) is 5.18. The number of carbonyl (C=O) groups is 2. The van der Waals surface area contributed by atoms with E-state index in [0.717, 1.165) is 0 Å². The van der Waals surface area contributed by atoms with Crippen molar-refractivity contribution in [2.24, 2.45) is 5.73 Å². The van der Waals surface area contributed by atoms with Crippen LogP contribution in [0, 0.1) is 0 Å². The number of primary amides is 1. The topological polar surface area (TPSA) is 85.3 Å². The average Bonchev–Trinajstić information content (AvgIpc) is 2.47. The Labute approximate surface area is 82.4 Å². The number of rotatable bonds is 3. The Morgan fingerprint density at radius 3 is 2.77 bits per heavy atom. The number of furan rings is 1. The molecule has 0 spiro atoms. The fourth-order valence-electron chi connectivity index (χ4n) is 0.718. The molecule has 70 valence electrons. The van der Waals surface area contributed by atoms with Gasteiger partial charge in [0.2, 0.25) is 5.91 Å². The van der Waals surface area contributed by atoms with Gasteiger partial charge < -0.3 is 15.5 Å². The Morgan fingerprint density at radius 1 is 1.62 bits per heavy atom. The van der Waals surface area contributed by atoms with Crippen LogP contribution < -0.4 is 11.1 Å². The van der Waals surface area contributed by atoms with E-state index in [1.165, 1.54) is 12.3 Å². The van der Waals surface area contributed by atoms with Crippen LogP contribution in [-0.2, 0) is 4.79 Å². The van der Waals surface area contributed by atoms with Gasteiger partial charge >= 0.3 is 0 Å². The third kappa shape index (κ3) is 2.59. The zero-order valence-electron chi connectivity index (χ0n) is 6.54. The quantitative estimate of drug-likeness (QED) is 0.803. The number of hydrogen-bond acceptors (Lipinski definition) is 3. The third-order valence-electron chi connectivity index (χ3n) is 1.29. The smallest absolute Gasteiger partial charge is 0.256 e. The molecule has 0 unspecified atom stereocenters. The minimum atomic E-state index is -0.590. The van der Waals surface area contributed by atoms with Crippen LogP contribution in [0.3, 0.4) is 0 Å². The van der Waals surface area contributed by atoms with Crippen LogP contribution in [0.4, 0.5) is 0 Å². The van der Waals surface area contributed by atoms with E-state index in [2.05, 4.69) is 21.2 Å². The summed E-state index contributed by atoms with van der Waals surface area (Å²) >= 11 is 3.03. The fourth-order valence-corrected chi connectivity index (χ4v) is 1.14. The summed E-state index contributed by atoms with van der Waals surface area (Å²) in [4.78, 5) is 21.6. The molecule has 13 heavy (non-hydrogen) atoms. The van der Waals surface area contributed by atoms with Crippen LogP contribution in [-0.4, -0.2) is 18.4 Å². The second-order valence-corrected chi connectivity index (χ2v) is 2.98. The van der Waals surface area contributed by atoms with E-state index < -0.39 is 11.8 Å². The predicted molar refractivity (Wildman–Crippen MR) is 47.9 cm³/mol. The van der Waals surface area contributed by atoms with E-state index in [9.17, 15) is 9.59 Å². The molecular weight excluding hydrogens is 240 g/mol. The fraction of sp³-hybridized carbons (Fsp3) is 0.143. The second kappa shape index (κ2) is 4.08. The first-order chi connectivity index (χ1) is 6.11. The van der Waals surface area contributed by atoms with Gasteiger partial charge in [0.25, 0.3) is 5.91 Å². The summed E-state index contributed by atoms with van der Waals surface area (Å²) in [6.07, 6.45) is 1.36. The lowest BCUT2D eigenvalue weighted by molar-refractivity contribution is -0.117. The summed E-state index contributed by atoms with van der Waals surface area (Å²) in [6.45, 7) is -0.184. The van der Waals surface area contributed by atoms with Gasteiger partial charge in [-0.15, -0.1) is 0 Å². The molecule has 0 saturated carbocycles. The molecule has 0 fully saturated rings. The summed E-state index contributed by atoms with van der Waals surface area (Å²) in [7, 11) is 0. The second-order valence-electron chi connectivity index (χ2n) is 2.26. The van der Waals surface area contributed by atoms with E-state index in [1.54, 1.807) is 0 Å². The lowest BCUT2D eigenvalue weighted by Gasteiger charge is -1.99. The van der Waals surface area contributed by atoms with Gasteiger partial charge in [0.05, 0.1) is 18.4 Å². The normalized spacial score (nSPS) is 9.62. The minimum absolute atomic E-state index is 0.184. The van der Waals surface area contributed by atoms with Crippen molar-refractivity contribution in [2.75, 3.05) is 6.54 Å². The van der Waals surface area contributed by atoms with Crippen molar-refractivity contribution in [1.29, 1.82) is 0 Å². The molecule has 5 nitrogen and oxygen atoms in total. The summed E-state index contributed by atoms with van der Waals surface area (Å²) in [5, 5.41) is 2.32. The molecule has 0 bridgehead atoms. The molecule has 0 aromatic carbocycles. The van der Waals surface area contributed by atoms with Gasteiger partial charge in [-0.3, -0.25) is 9.59 Å². The number of nitrogens with one attached hydrogen (secondary N) is 1. The maximum absolute atomic E-state index is 11.2. The van der Waals surface area contributed by atoms with Gasteiger partial charge in [-0.1, -0.05) is 0 Å². The van der Waals surface area contributed by atoms with Crippen molar-refractivity contribution < 1.29 is 14.0 Å². The molecule has 0 radical (unpaired) electrons. The van der Waals surface area contributed by atoms with Gasteiger partial charge in [-0.25, -0.2) is 0 Å². The van der Waals surface area contributed by atoms with Gasteiger partial charge in [0, 0.05) is 0 Å². The van der Waals surface area contributed by atoms with Crippen LogP contribution in [0.2, 0.25) is 0 Å². The number of carbonyl (C=O) groups excluding carboxylic acids is 2. The highest BCUT2D eigenvalue weighted by Gasteiger charge is 2.12. The number of nitrogens with two attached hydrogens (primary N) is 1. The van der Waals surface area contributed by atoms with Crippen LogP contribution in [0.5, 0.6) is 0 Å². The zero-order valence-corrected chi connectivity index (χ0v) is 8.13. The SMILES string of the molecule is NC(=O)CNC(=O)c1ccoc1Br. The molecule has 0 aliphatic carbocycles. The van der Waals surface area contributed by atoms with Crippen LogP contribution in [0.15, 0.2) is 21.4 Å². The first-order valence-electron chi connectivity index (χ1n) is 3.40. The Kier molecular flexibility index (Phi) is 3.07. The number of halogens is 1. The molecule has 2 amide bonds. The Morgan fingerprint density at radius 2 is 2.31 bits per heavy atom. The molecule has 0 saturated heterocycles. The number of hydrogen-bond donors (Lipinski definition) is 2. The van der Waals surface area contributed by atoms with Crippen LogP contribution >= 0.6 is 15.9 Å². The lowest BCUT2D eigenvalue weighted by atomic mass is 10.3. The van der Waals surface area contributed by atoms with Gasteiger partial charge in [-0.05, 0) is 22.0 Å². The average molecular weight is 247 g/mol. The van der Waals surface area contributed by atoms with Crippen molar-refractivity contribution >= 4 is 27.7 Å². The largest absolute Gasteiger partial charge is 0.457 e. The molecule has 0 aliphatic heterocycles. The third-order valence-corrected chi connectivity index (χ3v) is 1.90. The van der Waals surface area contributed by atoms with Gasteiger partial charge in [0.15, 0.2) is 4.67 Å². The van der Waals surface area contributed by atoms with Crippen LogP contribution in [0.1, 0.15) is 10.4 Å². The molecular formula is C7H7BrN2O3. The van der Waals surface area contributed by atoms with Gasteiger partial charge in [-0.2, -0.15) is 0 Å². The van der Waals surface area contributed by atoms with E-state index in [-0.39, 0.29) is 6.54 Å². The van der Waals surface area contributed by atoms with Crippen LogP contribution in [0.25, 0.3) is 0 Å². The van der Waals surface area contributed by atoms with E-state index >= 15 is 0 Å². The maximum atomic E-state index is 11.2. The maximum Gasteiger partial charge on any atom is 0.256 e. The molecule has 0 aliphatic rings. The molecule has 1 rings (SSSR count). The predicted octanol–water partition coefficient (Wildman–Crippen LogP) is 0.257. The van der Waals surface area contributed by atoms with E-state index in [1.807, 2.05) is 0 Å². The van der Waals surface area contributed by atoms with Crippen molar-refractivity contribution in [2.45, 2.75) is 0 Å². The molecule has 1 aromatic heterocycles. The number of amides is 2. The lowest BCUT2D eigenvalue weighted by Crippen LogP contribution is -2.33. The highest BCUT2D eigenvalue weighted by Crippen LogP contribution is 2.16. The Hall–Kier alpha value is -1.30. The highest BCUT2D eigenvalue weighted by molar-refractivity contribution is 9.10. The molecule has 6 heteroatoms. The van der Waals surface area contributed by atoms with Crippen molar-refractivity contribution in [3.8, 4) is 0 Å². The van der Waals surface area contributed by atoms with E-state index in [4.69, 9.17) is 10.2 Å². The zero-order chi connectivity index (χ0) is 9.84. The summed E-state index contributed by atoms with van der Waals surface area (Å²) in [5.74, 6) is -0.993. The molecule has 1 aromatic rings. The van der Waals surface area contributed by atoms with Crippen molar-refractivity contribution in [1.82, 2.24) is 5.32 Å². The standard InChI is InChI=1S/C7H7BrN2O3/c8-6-4(1-2-13-6)7(12)10-3-5(9)11/h1-2H,3H2,(H2,9,11)(H,10,12). The Bertz CT molecular complexity index is 334.